The average molecular weight is 1950 g/mol. The Kier molecular flexibility index (Phi) is 61.0. The lowest BCUT2D eigenvalue weighted by Gasteiger charge is -2.21. The zero-order valence-corrected chi connectivity index (χ0v) is 84.0. The van der Waals surface area contributed by atoms with Crippen LogP contribution in [0.5, 0.6) is 0 Å². The third-order valence-corrected chi connectivity index (χ3v) is 25.0. The van der Waals surface area contributed by atoms with Crippen molar-refractivity contribution in [1.82, 2.24) is 21.3 Å². The van der Waals surface area contributed by atoms with Crippen LogP contribution in [0.25, 0.3) is 0 Å². The summed E-state index contributed by atoms with van der Waals surface area (Å²) in [4.78, 5) is 225. The van der Waals surface area contributed by atoms with E-state index in [0.717, 1.165) is 177 Å². The van der Waals surface area contributed by atoms with Crippen LogP contribution in [-0.4, -0.2) is 139 Å². The van der Waals surface area contributed by atoms with Crippen molar-refractivity contribution < 1.29 is 97.1 Å². The molecule has 4 aromatic rings. The van der Waals surface area contributed by atoms with Gasteiger partial charge >= 0.3 is 23.9 Å². The Labute approximate surface area is 829 Å². The van der Waals surface area contributed by atoms with Crippen LogP contribution in [0.1, 0.15) is 454 Å². The first-order chi connectivity index (χ1) is 67.5. The second kappa shape index (κ2) is 71.8. The Hall–Kier alpha value is -11.6. The normalized spacial score (nSPS) is 15.1. The maximum atomic E-state index is 14.9. The summed E-state index contributed by atoms with van der Waals surface area (Å²) in [6.45, 7) is 8.75. The summed E-state index contributed by atoms with van der Waals surface area (Å²) in [5.74, 6) is -18.2. The molecule has 16 N–H and O–H groups in total. The van der Waals surface area contributed by atoms with E-state index in [9.17, 15) is 97.1 Å². The van der Waals surface area contributed by atoms with Crippen molar-refractivity contribution in [2.45, 2.75) is 437 Å². The number of amides is 12. The van der Waals surface area contributed by atoms with Gasteiger partial charge in [-0.15, -0.1) is 0 Å². The minimum atomic E-state index is -2.01. The SMILES string of the molecule is CCCCCCCCCCCCCCCC(=O)Nc1cc2cc(c1)C(=O)N[C@@H](CC(=O)O)C(=O)Nc1cc(NC(=O)CCCCCCCCCCCCCCC)cc(c1)C(=O)N[C@@H](CC(=O)O)C(=O)Nc1cc(NC(=O)CCCCCCCCCCCCCCC)cc(c1)C(=O)N[C@@H](CC(=O)O)C(=O)Nc1cc(NC(=O)CCCCCCCCCCCCCCC)cc(c1)C(=O)N[C@@H](CC(=O)O)C(=O)N2. The molecule has 1 heterocycles. The third kappa shape index (κ3) is 53.7. The number of fused-ring (bicyclic) bond motifs is 8. The lowest BCUT2D eigenvalue weighted by molar-refractivity contribution is -0.139. The highest BCUT2D eigenvalue weighted by atomic mass is 16.4. The van der Waals surface area contributed by atoms with Gasteiger partial charge in [0.05, 0.1) is 25.7 Å². The molecular weight excluding hydrogens is 1790 g/mol. The van der Waals surface area contributed by atoms with Gasteiger partial charge in [0.2, 0.25) is 47.3 Å². The van der Waals surface area contributed by atoms with Crippen LogP contribution in [0.2, 0.25) is 0 Å². The molecule has 140 heavy (non-hydrogen) atoms. The summed E-state index contributed by atoms with van der Waals surface area (Å²) < 4.78 is 0. The maximum Gasteiger partial charge on any atom is 0.305 e. The molecule has 1 aliphatic rings. The first-order valence-corrected chi connectivity index (χ1v) is 52.7. The Morgan fingerprint density at radius 1 is 0.214 bits per heavy atom. The van der Waals surface area contributed by atoms with Gasteiger partial charge in [0.1, 0.15) is 24.2 Å². The van der Waals surface area contributed by atoms with Gasteiger partial charge in [-0.3, -0.25) is 76.7 Å². The van der Waals surface area contributed by atoms with Gasteiger partial charge in [0.15, 0.2) is 0 Å². The number of hydrogen-bond donors (Lipinski definition) is 16. The van der Waals surface area contributed by atoms with E-state index < -0.39 is 167 Å². The minimum absolute atomic E-state index is 0.00262. The lowest BCUT2D eigenvalue weighted by atomic mass is 10.0. The quantitative estimate of drug-likeness (QED) is 0.0183. The fourth-order valence-corrected chi connectivity index (χ4v) is 17.1. The fraction of sp³-hybridized carbons (Fsp3) is 0.630. The van der Waals surface area contributed by atoms with Crippen LogP contribution in [0, 0.1) is 0 Å². The van der Waals surface area contributed by atoms with E-state index >= 15 is 0 Å². The van der Waals surface area contributed by atoms with Crippen molar-refractivity contribution in [3.63, 3.8) is 0 Å². The van der Waals surface area contributed by atoms with Crippen LogP contribution in [0.4, 0.5) is 45.5 Å². The van der Waals surface area contributed by atoms with Gasteiger partial charge in [0.25, 0.3) is 23.6 Å². The number of carbonyl (C=O) groups excluding carboxylic acids is 12. The molecule has 32 nitrogen and oxygen atoms in total. The maximum absolute atomic E-state index is 14.9. The highest BCUT2D eigenvalue weighted by Crippen LogP contribution is 2.29. The summed E-state index contributed by atoms with van der Waals surface area (Å²) in [5, 5.41) is 72.1. The molecule has 1 aliphatic heterocycles. The van der Waals surface area contributed by atoms with Gasteiger partial charge in [-0.05, 0) is 98.5 Å². The van der Waals surface area contributed by atoms with Crippen LogP contribution in [0.3, 0.4) is 0 Å². The van der Waals surface area contributed by atoms with Crippen molar-refractivity contribution in [3.05, 3.63) is 95.1 Å². The number of nitrogens with one attached hydrogen (secondary N) is 12. The van der Waals surface area contributed by atoms with Crippen molar-refractivity contribution in [2.24, 2.45) is 0 Å². The van der Waals surface area contributed by atoms with Gasteiger partial charge in [-0.25, -0.2) is 0 Å². The molecule has 12 amide bonds. The minimum Gasteiger partial charge on any atom is -0.481 e. The Morgan fingerprint density at radius 2 is 0.357 bits per heavy atom. The number of carboxylic acids is 4. The molecule has 0 aromatic heterocycles. The lowest BCUT2D eigenvalue weighted by Crippen LogP contribution is -2.46. The summed E-state index contributed by atoms with van der Waals surface area (Å²) in [7, 11) is 0. The summed E-state index contributed by atoms with van der Waals surface area (Å²) >= 11 is 0. The molecule has 4 aromatic carbocycles. The first kappa shape index (κ1) is 119. The van der Waals surface area contributed by atoms with Crippen LogP contribution >= 0.6 is 0 Å². The van der Waals surface area contributed by atoms with Crippen molar-refractivity contribution >= 4 is 140 Å². The molecule has 0 unspecified atom stereocenters. The summed E-state index contributed by atoms with van der Waals surface area (Å²) in [6.07, 6.45) is 49.8. The zero-order chi connectivity index (χ0) is 102. The van der Waals surface area contributed by atoms with Crippen molar-refractivity contribution in [1.29, 1.82) is 0 Å². The van der Waals surface area contributed by atoms with Crippen LogP contribution in [-0.2, 0) is 57.5 Å². The predicted octanol–water partition coefficient (Wildman–Crippen LogP) is 22.5. The number of carboxylic acid groups (broad SMARTS) is 4. The number of anilines is 8. The Morgan fingerprint density at radius 3 is 0.500 bits per heavy atom. The van der Waals surface area contributed by atoms with Crippen LogP contribution < -0.4 is 63.8 Å². The molecule has 4 atom stereocenters. The number of rotatable bonds is 68. The van der Waals surface area contributed by atoms with Crippen molar-refractivity contribution in [2.75, 3.05) is 42.5 Å². The number of carbonyl (C=O) groups is 16. The van der Waals surface area contributed by atoms with E-state index in [1.54, 1.807) is 0 Å². The van der Waals surface area contributed by atoms with Crippen molar-refractivity contribution in [3.8, 4) is 0 Å². The van der Waals surface area contributed by atoms with E-state index in [1.807, 2.05) is 0 Å². The van der Waals surface area contributed by atoms with Gasteiger partial charge < -0.3 is 84.2 Å². The van der Waals surface area contributed by atoms with E-state index in [-0.39, 0.29) is 71.2 Å². The number of hydrogen-bond acceptors (Lipinski definition) is 16. The molecule has 0 saturated heterocycles. The van der Waals surface area contributed by atoms with Gasteiger partial charge in [-0.1, -0.05) is 336 Å². The van der Waals surface area contributed by atoms with E-state index in [2.05, 4.69) is 91.5 Å². The molecule has 8 bridgehead atoms. The standard InChI is InChI=1S/C108H164N12O20/c1-5-9-13-17-21-25-29-33-37-41-45-49-53-57-93(121)109-81-61-77-65-85(69-81)113-105(137)89(73-97(125)126)118-102(134)78-62-82(110-94(122)58-54-50-46-42-38-34-30-26-22-18-14-10-6-2)71-87(66-78)115-107(139)91(75-99(129)130)120-104(136)80-64-84(112-96(124)60-56-52-48-44-40-36-32-28-24-20-16-12-8-4)72-88(68-80)116-108(140)92(76-100(131)132)119-103(135)79-63-83(70-86(67-79)114-106(138)90(74-98(127)128)117-101(77)133)111-95(123)59-55-51-47-43-39-35-31-27-23-19-15-11-7-3/h61-72,89-92H,5-60,73-76H2,1-4H3,(H,109,121)(H,110,122)(H,111,123)(H,112,124)(H,113,137)(H,114,138)(H,115,139)(H,116,140)(H,117,133)(H,118,134)(H,119,135)(H,120,136)(H,125,126)(H,127,128)(H,129,130)(H,131,132)/t89-,90-,91-,92-/m0/s1. The van der Waals surface area contributed by atoms with Gasteiger partial charge in [-0.2, -0.15) is 0 Å². The van der Waals surface area contributed by atoms with E-state index in [0.29, 0.717) is 51.4 Å². The molecule has 776 valence electrons. The van der Waals surface area contributed by atoms with Crippen LogP contribution in [0.15, 0.2) is 72.8 Å². The molecule has 0 spiro atoms. The predicted molar refractivity (Wildman–Crippen MR) is 550 cm³/mol. The highest BCUT2D eigenvalue weighted by Gasteiger charge is 2.33. The second-order valence-electron chi connectivity index (χ2n) is 37.8. The number of benzene rings is 4. The second-order valence-corrected chi connectivity index (χ2v) is 37.8. The van der Waals surface area contributed by atoms with Gasteiger partial charge in [0, 0.05) is 93.4 Å². The largest absolute Gasteiger partial charge is 0.481 e. The Bertz CT molecular complexity index is 3980. The smallest absolute Gasteiger partial charge is 0.305 e. The zero-order valence-electron chi connectivity index (χ0n) is 84.0. The topological polar surface area (TPSA) is 498 Å². The number of unbranched alkanes of at least 4 members (excludes halogenated alkanes) is 48. The molecule has 0 radical (unpaired) electrons. The highest BCUT2D eigenvalue weighted by molar-refractivity contribution is 6.11. The summed E-state index contributed by atoms with van der Waals surface area (Å²) in [5.41, 5.74) is -3.48. The third-order valence-electron chi connectivity index (χ3n) is 25.0. The van der Waals surface area contributed by atoms with E-state index in [1.165, 1.54) is 178 Å². The molecule has 0 saturated carbocycles. The summed E-state index contributed by atoms with van der Waals surface area (Å²) in [6, 6.07) is 5.67. The van der Waals surface area contributed by atoms with E-state index in [4.69, 9.17) is 0 Å². The number of aliphatic carboxylic acids is 4. The average Bonchev–Trinajstić information content (AvgIpc) is 0.829. The molecule has 0 fully saturated rings. The monoisotopic (exact) mass is 1950 g/mol. The fourth-order valence-electron chi connectivity index (χ4n) is 17.1. The molecule has 32 heteroatoms. The molecule has 0 aliphatic carbocycles. The first-order valence-electron chi connectivity index (χ1n) is 52.7. The Balaban J connectivity index is 1.62. The molecule has 5 rings (SSSR count). The molecular formula is C108H164N12O20.